The van der Waals surface area contributed by atoms with E-state index < -0.39 is 49.4 Å². The number of aromatic nitrogens is 4. The van der Waals surface area contributed by atoms with Crippen molar-refractivity contribution >= 4 is 43.1 Å². The molecule has 4 aromatic rings. The normalized spacial score (nSPS) is 23.7. The summed E-state index contributed by atoms with van der Waals surface area (Å²) in [6, 6.07) is 20.8. The van der Waals surface area contributed by atoms with Crippen LogP contribution >= 0.6 is 24.4 Å². The standard InChI is InChI=1S/C37H46N4O8S2Si/c1-23-18-40(35(44)38-33(23)42)31-16-29(50)27(48-31)20-46-22-51-30-17-32(41-19-24(2)34(43)39-36(41)45)49-28(30)21-47-52(37(3,4)5,25-12-8-6-9-13-25)26-14-10-7-11-15-26/h6-15,18-19,27-32,50H,16-17,20-22H2,1-5H3,(H,38,42,44)(H,39,43,45)/t27-,28-,29+,30+,31-,32-/m1/s1. The van der Waals surface area contributed by atoms with Gasteiger partial charge in [0.15, 0.2) is 0 Å². The van der Waals surface area contributed by atoms with Crippen molar-refractivity contribution in [3.63, 3.8) is 0 Å². The Morgan fingerprint density at radius 1 is 0.788 bits per heavy atom. The lowest BCUT2D eigenvalue weighted by molar-refractivity contribution is -0.0350. The molecule has 2 aliphatic heterocycles. The third kappa shape index (κ3) is 7.91. The molecule has 2 aromatic carbocycles. The molecule has 4 heterocycles. The number of ether oxygens (including phenoxy) is 3. The van der Waals surface area contributed by atoms with Gasteiger partial charge in [0.2, 0.25) is 0 Å². The second kappa shape index (κ2) is 15.9. The third-order valence-corrected chi connectivity index (χ3v) is 16.6. The monoisotopic (exact) mass is 766 g/mol. The Morgan fingerprint density at radius 3 is 1.81 bits per heavy atom. The molecule has 12 nitrogen and oxygen atoms in total. The molecule has 0 amide bonds. The van der Waals surface area contributed by atoms with Crippen molar-refractivity contribution in [3.05, 3.63) is 126 Å². The molecule has 0 unspecified atom stereocenters. The van der Waals surface area contributed by atoms with E-state index in [2.05, 4.69) is 55.0 Å². The fourth-order valence-electron chi connectivity index (χ4n) is 7.10. The van der Waals surface area contributed by atoms with Gasteiger partial charge in [-0.15, -0.1) is 11.8 Å². The smallest absolute Gasteiger partial charge is 0.330 e. The van der Waals surface area contributed by atoms with Crippen molar-refractivity contribution in [3.8, 4) is 0 Å². The third-order valence-electron chi connectivity index (χ3n) is 9.83. The second-order valence-corrected chi connectivity index (χ2v) is 20.6. The van der Waals surface area contributed by atoms with Crippen LogP contribution in [0.3, 0.4) is 0 Å². The van der Waals surface area contributed by atoms with E-state index in [4.69, 9.17) is 31.3 Å². The SMILES string of the molecule is Cc1cn([C@H]2C[C@H](SCOC[C@H]3O[C@@H](n4cc(C)c(=O)[nH]c4=O)C[C@@H]3S)[C@@H](CO[Si](c3ccccc3)(c3ccccc3)C(C)(C)C)O2)c(=O)[nH]c1=O. The van der Waals surface area contributed by atoms with Crippen LogP contribution in [0.5, 0.6) is 0 Å². The highest BCUT2D eigenvalue weighted by molar-refractivity contribution is 7.99. The minimum absolute atomic E-state index is 0.117. The van der Waals surface area contributed by atoms with Crippen LogP contribution in [0.25, 0.3) is 0 Å². The topological polar surface area (TPSA) is 147 Å². The molecular weight excluding hydrogens is 721 g/mol. The summed E-state index contributed by atoms with van der Waals surface area (Å²) >= 11 is 6.27. The lowest BCUT2D eigenvalue weighted by Crippen LogP contribution is -2.67. The van der Waals surface area contributed by atoms with Gasteiger partial charge in [0.1, 0.15) is 12.5 Å². The van der Waals surface area contributed by atoms with Gasteiger partial charge in [0.05, 0.1) is 31.4 Å². The number of thioether (sulfide) groups is 1. The van der Waals surface area contributed by atoms with E-state index >= 15 is 0 Å². The van der Waals surface area contributed by atoms with Gasteiger partial charge in [-0.2, -0.15) is 12.6 Å². The van der Waals surface area contributed by atoms with E-state index in [1.807, 2.05) is 36.4 Å². The quantitative estimate of drug-likeness (QED) is 0.0857. The molecule has 2 saturated heterocycles. The minimum atomic E-state index is -2.89. The highest BCUT2D eigenvalue weighted by atomic mass is 32.2. The van der Waals surface area contributed by atoms with Crippen LogP contribution in [0.15, 0.2) is 92.2 Å². The molecule has 15 heteroatoms. The van der Waals surface area contributed by atoms with Crippen molar-refractivity contribution in [2.75, 3.05) is 19.2 Å². The highest BCUT2D eigenvalue weighted by Crippen LogP contribution is 2.40. The molecule has 2 aliphatic rings. The summed E-state index contributed by atoms with van der Waals surface area (Å²) in [5, 5.41) is 1.76. The fourth-order valence-corrected chi connectivity index (χ4v) is 13.0. The van der Waals surface area contributed by atoms with Gasteiger partial charge >= 0.3 is 11.4 Å². The van der Waals surface area contributed by atoms with Gasteiger partial charge in [0, 0.05) is 46.9 Å². The number of aryl methyl sites for hydroxylation is 2. The first-order valence-corrected chi connectivity index (χ1v) is 20.8. The Hall–Kier alpha value is -3.44. The number of hydrogen-bond acceptors (Lipinski definition) is 10. The van der Waals surface area contributed by atoms with Crippen molar-refractivity contribution in [1.29, 1.82) is 0 Å². The Balaban J connectivity index is 1.20. The molecule has 52 heavy (non-hydrogen) atoms. The van der Waals surface area contributed by atoms with Gasteiger partial charge in [-0.1, -0.05) is 81.4 Å². The Bertz CT molecular complexity index is 2040. The molecule has 0 radical (unpaired) electrons. The zero-order valence-corrected chi connectivity index (χ0v) is 32.7. The first-order chi connectivity index (χ1) is 24.8. The molecule has 0 bridgehead atoms. The largest absolute Gasteiger partial charge is 0.405 e. The van der Waals surface area contributed by atoms with Crippen LogP contribution in [0.1, 0.15) is 57.2 Å². The average molecular weight is 767 g/mol. The maximum atomic E-state index is 12.9. The zero-order chi connectivity index (χ0) is 37.2. The second-order valence-electron chi connectivity index (χ2n) is 14.4. The molecule has 0 spiro atoms. The van der Waals surface area contributed by atoms with E-state index in [0.29, 0.717) is 29.9 Å². The van der Waals surface area contributed by atoms with E-state index in [-0.39, 0.29) is 34.9 Å². The molecule has 0 saturated carbocycles. The van der Waals surface area contributed by atoms with E-state index in [0.717, 1.165) is 10.4 Å². The van der Waals surface area contributed by atoms with Gasteiger partial charge in [0.25, 0.3) is 19.4 Å². The molecular formula is C37H46N4O8S2Si. The maximum Gasteiger partial charge on any atom is 0.330 e. The average Bonchev–Trinajstić information content (AvgIpc) is 3.69. The summed E-state index contributed by atoms with van der Waals surface area (Å²) in [6.07, 6.45) is 2.04. The van der Waals surface area contributed by atoms with Crippen LogP contribution in [0, 0.1) is 13.8 Å². The van der Waals surface area contributed by atoms with E-state index in [1.54, 1.807) is 31.8 Å². The first-order valence-electron chi connectivity index (χ1n) is 17.4. The maximum absolute atomic E-state index is 12.9. The van der Waals surface area contributed by atoms with Crippen LogP contribution in [0.4, 0.5) is 0 Å². The number of nitrogens with zero attached hydrogens (tertiary/aromatic N) is 2. The molecule has 0 aliphatic carbocycles. The molecule has 2 aromatic heterocycles. The predicted octanol–water partition coefficient (Wildman–Crippen LogP) is 3.23. The summed E-state index contributed by atoms with van der Waals surface area (Å²) in [6.45, 7) is 10.5. The summed E-state index contributed by atoms with van der Waals surface area (Å²) in [7, 11) is -2.89. The number of nitrogens with one attached hydrogen (secondary N) is 2. The fraction of sp³-hybridized carbons (Fsp3) is 0.459. The number of benzene rings is 2. The molecule has 6 atom stereocenters. The highest BCUT2D eigenvalue weighted by Gasteiger charge is 2.51. The summed E-state index contributed by atoms with van der Waals surface area (Å²) in [5.41, 5.74) is -1.08. The number of aromatic amines is 2. The van der Waals surface area contributed by atoms with Crippen LogP contribution in [0.2, 0.25) is 5.04 Å². The molecule has 6 rings (SSSR count). The number of thiol groups is 1. The van der Waals surface area contributed by atoms with E-state index in [9.17, 15) is 19.2 Å². The number of hydrogen-bond donors (Lipinski definition) is 3. The van der Waals surface area contributed by atoms with Gasteiger partial charge in [-0.3, -0.25) is 28.7 Å². The van der Waals surface area contributed by atoms with Gasteiger partial charge in [-0.05, 0) is 29.3 Å². The van der Waals surface area contributed by atoms with Gasteiger partial charge < -0.3 is 18.6 Å². The minimum Gasteiger partial charge on any atom is -0.405 e. The predicted molar refractivity (Wildman–Crippen MR) is 208 cm³/mol. The van der Waals surface area contributed by atoms with Crippen LogP contribution in [-0.4, -0.2) is 69.3 Å². The number of rotatable bonds is 12. The summed E-state index contributed by atoms with van der Waals surface area (Å²) < 4.78 is 29.0. The zero-order valence-electron chi connectivity index (χ0n) is 29.9. The van der Waals surface area contributed by atoms with Crippen molar-refractivity contribution in [2.24, 2.45) is 0 Å². The molecule has 278 valence electrons. The molecule has 2 fully saturated rings. The van der Waals surface area contributed by atoms with Crippen LogP contribution in [-0.2, 0) is 18.6 Å². The van der Waals surface area contributed by atoms with Crippen molar-refractivity contribution in [2.45, 2.75) is 87.7 Å². The van der Waals surface area contributed by atoms with E-state index in [1.165, 1.54) is 15.3 Å². The number of H-pyrrole nitrogens is 2. The Kier molecular flexibility index (Phi) is 11.7. The summed E-state index contributed by atoms with van der Waals surface area (Å²) in [4.78, 5) is 54.2. The Morgan fingerprint density at radius 2 is 1.29 bits per heavy atom. The lowest BCUT2D eigenvalue weighted by Gasteiger charge is -2.43. The first kappa shape index (κ1) is 38.3. The molecule has 2 N–H and O–H groups in total. The summed E-state index contributed by atoms with van der Waals surface area (Å²) in [5.74, 6) is 0.304. The Labute approximate surface area is 312 Å². The van der Waals surface area contributed by atoms with Gasteiger partial charge in [-0.25, -0.2) is 9.59 Å². The van der Waals surface area contributed by atoms with Crippen LogP contribution < -0.4 is 32.9 Å². The van der Waals surface area contributed by atoms with Crippen molar-refractivity contribution < 1.29 is 18.6 Å². The van der Waals surface area contributed by atoms with Crippen molar-refractivity contribution in [1.82, 2.24) is 19.1 Å². The lowest BCUT2D eigenvalue weighted by atomic mass is 10.2.